The minimum Gasteiger partial charge on any atom is -0.357 e. The predicted octanol–water partition coefficient (Wildman–Crippen LogP) is 2.51. The number of amides is 2. The molecule has 2 heterocycles. The fraction of sp³-hybridized carbons (Fsp3) is 0.0625. The molecule has 7 heteroatoms. The van der Waals surface area contributed by atoms with Crippen molar-refractivity contribution in [3.05, 3.63) is 58.9 Å². The zero-order valence-electron chi connectivity index (χ0n) is 12.1. The van der Waals surface area contributed by atoms with Crippen molar-refractivity contribution in [2.24, 2.45) is 7.05 Å². The third-order valence-electron chi connectivity index (χ3n) is 3.35. The van der Waals surface area contributed by atoms with Gasteiger partial charge in [0.1, 0.15) is 5.57 Å². The highest BCUT2D eigenvalue weighted by atomic mass is 35.5. The lowest BCUT2D eigenvalue weighted by Gasteiger charge is -2.28. The second-order valence-electron chi connectivity index (χ2n) is 5.04. The summed E-state index contributed by atoms with van der Waals surface area (Å²) in [6, 6.07) is 8.47. The number of hydrogen-bond donors (Lipinski definition) is 1. The molecule has 2 aromatic rings. The van der Waals surface area contributed by atoms with Gasteiger partial charge in [-0.3, -0.25) is 19.8 Å². The molecule has 0 atom stereocenters. The first-order valence-electron chi connectivity index (χ1n) is 6.75. The Balaban J connectivity index is 2.00. The molecule has 0 saturated carbocycles. The molecule has 0 aliphatic carbocycles. The summed E-state index contributed by atoms with van der Waals surface area (Å²) in [6.07, 6.45) is 5.19. The monoisotopic (exact) mass is 345 g/mol. The first-order chi connectivity index (χ1) is 11.0. The molecule has 0 unspecified atom stereocenters. The molecule has 1 aliphatic rings. The molecule has 1 aromatic carbocycles. The zero-order chi connectivity index (χ0) is 16.6. The van der Waals surface area contributed by atoms with Gasteiger partial charge in [-0.2, -0.15) is 0 Å². The third-order valence-corrected chi connectivity index (χ3v) is 3.89. The van der Waals surface area contributed by atoms with Gasteiger partial charge in [-0.25, -0.2) is 0 Å². The van der Waals surface area contributed by atoms with E-state index in [9.17, 15) is 9.59 Å². The number of carbonyl (C=O) groups excluding carboxylic acids is 2. The largest absolute Gasteiger partial charge is 0.357 e. The van der Waals surface area contributed by atoms with Gasteiger partial charge in [-0.1, -0.05) is 11.6 Å². The molecule has 2 amide bonds. The number of nitrogens with zero attached hydrogens (tertiary/aromatic N) is 2. The summed E-state index contributed by atoms with van der Waals surface area (Å²) in [4.78, 5) is 26.1. The summed E-state index contributed by atoms with van der Waals surface area (Å²) in [6.45, 7) is 0. The second kappa shape index (κ2) is 5.98. The predicted molar refractivity (Wildman–Crippen MR) is 93.1 cm³/mol. The van der Waals surface area contributed by atoms with E-state index in [0.29, 0.717) is 10.7 Å². The van der Waals surface area contributed by atoms with Crippen LogP contribution in [0.3, 0.4) is 0 Å². The van der Waals surface area contributed by atoms with E-state index in [1.807, 2.05) is 30.1 Å². The van der Waals surface area contributed by atoms with Crippen molar-refractivity contribution >= 4 is 52.5 Å². The van der Waals surface area contributed by atoms with Crippen LogP contribution in [0.5, 0.6) is 0 Å². The van der Waals surface area contributed by atoms with E-state index in [-0.39, 0.29) is 10.7 Å². The quantitative estimate of drug-likeness (QED) is 0.517. The van der Waals surface area contributed by atoms with Crippen molar-refractivity contribution in [3.8, 4) is 0 Å². The maximum absolute atomic E-state index is 12.7. The van der Waals surface area contributed by atoms with E-state index in [4.69, 9.17) is 23.8 Å². The summed E-state index contributed by atoms with van der Waals surface area (Å²) >= 11 is 11.0. The van der Waals surface area contributed by atoms with Gasteiger partial charge in [0.15, 0.2) is 5.11 Å². The average molecular weight is 346 g/mol. The van der Waals surface area contributed by atoms with Crippen molar-refractivity contribution in [2.45, 2.75) is 0 Å². The minimum atomic E-state index is -0.505. The first-order valence-corrected chi connectivity index (χ1v) is 7.53. The van der Waals surface area contributed by atoms with Crippen molar-refractivity contribution in [3.63, 3.8) is 0 Å². The molecular weight excluding hydrogens is 334 g/mol. The van der Waals surface area contributed by atoms with Crippen LogP contribution in [0.4, 0.5) is 5.69 Å². The molecule has 0 radical (unpaired) electrons. The van der Waals surface area contributed by atoms with E-state index < -0.39 is 11.8 Å². The fourth-order valence-electron chi connectivity index (χ4n) is 2.26. The van der Waals surface area contributed by atoms with Crippen molar-refractivity contribution in [2.75, 3.05) is 4.90 Å². The summed E-state index contributed by atoms with van der Waals surface area (Å²) in [7, 11) is 1.86. The van der Waals surface area contributed by atoms with Gasteiger partial charge in [0.2, 0.25) is 0 Å². The smallest absolute Gasteiger partial charge is 0.270 e. The van der Waals surface area contributed by atoms with Crippen molar-refractivity contribution in [1.82, 2.24) is 9.88 Å². The molecule has 1 aromatic heterocycles. The molecule has 0 bridgehead atoms. The Morgan fingerprint density at radius 2 is 1.87 bits per heavy atom. The van der Waals surface area contributed by atoms with Gasteiger partial charge >= 0.3 is 0 Å². The Kier molecular flexibility index (Phi) is 4.02. The molecule has 3 rings (SSSR count). The zero-order valence-corrected chi connectivity index (χ0v) is 13.7. The van der Waals surface area contributed by atoms with Crippen LogP contribution < -0.4 is 10.2 Å². The Morgan fingerprint density at radius 1 is 1.17 bits per heavy atom. The average Bonchev–Trinajstić information content (AvgIpc) is 2.91. The van der Waals surface area contributed by atoms with Gasteiger partial charge < -0.3 is 4.57 Å². The number of aryl methyl sites for hydroxylation is 1. The van der Waals surface area contributed by atoms with Gasteiger partial charge in [0.05, 0.1) is 5.69 Å². The number of carbonyl (C=O) groups is 2. The van der Waals surface area contributed by atoms with Crippen molar-refractivity contribution in [1.29, 1.82) is 0 Å². The maximum Gasteiger partial charge on any atom is 0.270 e. The Hall–Kier alpha value is -2.44. The number of nitrogens with one attached hydrogen (secondary N) is 1. The topological polar surface area (TPSA) is 54.3 Å². The molecule has 1 saturated heterocycles. The first kappa shape index (κ1) is 15.5. The van der Waals surface area contributed by atoms with Crippen LogP contribution in [0.15, 0.2) is 48.3 Å². The number of halogens is 1. The van der Waals surface area contributed by atoms with Crippen LogP contribution in [0, 0.1) is 0 Å². The molecule has 0 spiro atoms. The number of benzene rings is 1. The summed E-state index contributed by atoms with van der Waals surface area (Å²) in [5.74, 6) is -0.973. The third kappa shape index (κ3) is 3.04. The number of aromatic nitrogens is 1. The van der Waals surface area contributed by atoms with E-state index in [2.05, 4.69) is 5.32 Å². The second-order valence-corrected chi connectivity index (χ2v) is 5.87. The Bertz CT molecular complexity index is 839. The number of rotatable bonds is 2. The van der Waals surface area contributed by atoms with Gasteiger partial charge in [0.25, 0.3) is 11.8 Å². The molecular formula is C16H12ClN3O2S. The standard InChI is InChI=1S/C16H12ClN3O2S/c1-19-7-6-10(9-19)8-13-14(21)18-16(23)20(15(13)22)12-4-2-11(17)3-5-12/h2-9H,1H3,(H,18,21,23)/b13-8-. The van der Waals surface area contributed by atoms with Crippen molar-refractivity contribution < 1.29 is 9.59 Å². The van der Waals surface area contributed by atoms with Crippen LogP contribution in [-0.4, -0.2) is 21.5 Å². The van der Waals surface area contributed by atoms with Crippen LogP contribution >= 0.6 is 23.8 Å². The molecule has 1 N–H and O–H groups in total. The van der Waals surface area contributed by atoms with Crippen LogP contribution in [0.2, 0.25) is 5.02 Å². The highest BCUT2D eigenvalue weighted by molar-refractivity contribution is 7.80. The van der Waals surface area contributed by atoms with E-state index >= 15 is 0 Å². The van der Waals surface area contributed by atoms with E-state index in [1.165, 1.54) is 4.90 Å². The van der Waals surface area contributed by atoms with Gasteiger partial charge in [-0.05, 0) is 54.2 Å². The number of anilines is 1. The maximum atomic E-state index is 12.7. The summed E-state index contributed by atoms with van der Waals surface area (Å²) in [5, 5.41) is 3.14. The lowest BCUT2D eigenvalue weighted by molar-refractivity contribution is -0.122. The SMILES string of the molecule is Cn1ccc(/C=C2/C(=O)NC(=S)N(c3ccc(Cl)cc3)C2=O)c1. The van der Waals surface area contributed by atoms with Gasteiger partial charge in [0, 0.05) is 24.5 Å². The Labute approximate surface area is 143 Å². The molecule has 1 fully saturated rings. The summed E-state index contributed by atoms with van der Waals surface area (Å²) < 4.78 is 1.83. The van der Waals surface area contributed by atoms with Crippen LogP contribution in [0.1, 0.15) is 5.56 Å². The molecule has 116 valence electrons. The Morgan fingerprint density at radius 3 is 2.48 bits per heavy atom. The van der Waals surface area contributed by atoms with E-state index in [1.54, 1.807) is 30.3 Å². The summed E-state index contributed by atoms with van der Waals surface area (Å²) in [5.41, 5.74) is 1.33. The molecule has 5 nitrogen and oxygen atoms in total. The lowest BCUT2D eigenvalue weighted by Crippen LogP contribution is -2.54. The minimum absolute atomic E-state index is 0.0275. The highest BCUT2D eigenvalue weighted by Gasteiger charge is 2.34. The van der Waals surface area contributed by atoms with Crippen LogP contribution in [-0.2, 0) is 16.6 Å². The number of hydrogen-bond acceptors (Lipinski definition) is 3. The lowest BCUT2D eigenvalue weighted by atomic mass is 10.1. The highest BCUT2D eigenvalue weighted by Crippen LogP contribution is 2.23. The normalized spacial score (nSPS) is 16.9. The fourth-order valence-corrected chi connectivity index (χ4v) is 2.67. The molecule has 1 aliphatic heterocycles. The van der Waals surface area contributed by atoms with Gasteiger partial charge in [-0.15, -0.1) is 0 Å². The van der Waals surface area contributed by atoms with E-state index in [0.717, 1.165) is 5.56 Å². The number of thiocarbonyl (C=S) groups is 1. The molecule has 23 heavy (non-hydrogen) atoms. The van der Waals surface area contributed by atoms with Crippen LogP contribution in [0.25, 0.3) is 6.08 Å².